The fourth-order valence-electron chi connectivity index (χ4n) is 5.29. The zero-order chi connectivity index (χ0) is 23.8. The van der Waals surface area contributed by atoms with Gasteiger partial charge >= 0.3 is 0 Å². The van der Waals surface area contributed by atoms with Gasteiger partial charge in [-0.15, -0.1) is 0 Å². The molecule has 0 spiro atoms. The molecule has 4 rings (SSSR count). The van der Waals surface area contributed by atoms with E-state index in [4.69, 9.17) is 4.74 Å². The number of nitrogens with zero attached hydrogens (tertiary/aromatic N) is 5. The molecule has 0 unspecified atom stereocenters. The molecule has 0 radical (unpaired) electrons. The molecule has 1 saturated heterocycles. The normalized spacial score (nSPS) is 16.2. The van der Waals surface area contributed by atoms with Gasteiger partial charge in [0.2, 0.25) is 0 Å². The van der Waals surface area contributed by atoms with Crippen LogP contribution in [0.2, 0.25) is 0 Å². The second-order valence-corrected chi connectivity index (χ2v) is 9.61. The minimum atomic E-state index is 0.472. The fraction of sp³-hybridized carbons (Fsp3) is 0.500. The largest absolute Gasteiger partial charge is 0.383 e. The summed E-state index contributed by atoms with van der Waals surface area (Å²) in [5.74, 6) is 0.653. The summed E-state index contributed by atoms with van der Waals surface area (Å²) in [6, 6.07) is 15.7. The highest BCUT2D eigenvalue weighted by molar-refractivity contribution is 5.18. The molecule has 0 aliphatic carbocycles. The number of methoxy groups -OCH3 is 1. The van der Waals surface area contributed by atoms with Crippen LogP contribution >= 0.6 is 0 Å². The number of ether oxygens (including phenoxy) is 1. The van der Waals surface area contributed by atoms with Crippen LogP contribution in [0, 0.1) is 12.8 Å². The highest BCUT2D eigenvalue weighted by Crippen LogP contribution is 2.29. The van der Waals surface area contributed by atoms with Crippen molar-refractivity contribution in [3.05, 3.63) is 83.4 Å². The second kappa shape index (κ2) is 12.2. The quantitative estimate of drug-likeness (QED) is 0.430. The number of aryl methyl sites for hydroxylation is 2. The minimum absolute atomic E-state index is 0.472. The van der Waals surface area contributed by atoms with Gasteiger partial charge in [-0.05, 0) is 62.4 Å². The number of likely N-dealkylation sites (tertiary alicyclic amines) is 1. The summed E-state index contributed by atoms with van der Waals surface area (Å²) in [7, 11) is 3.81. The van der Waals surface area contributed by atoms with Crippen LogP contribution in [0.4, 0.5) is 0 Å². The van der Waals surface area contributed by atoms with Crippen molar-refractivity contribution in [3.8, 4) is 0 Å². The summed E-state index contributed by atoms with van der Waals surface area (Å²) in [6.45, 7) is 7.96. The van der Waals surface area contributed by atoms with Crippen molar-refractivity contribution in [2.45, 2.75) is 45.3 Å². The number of aromatic nitrogens is 3. The number of rotatable bonds is 11. The van der Waals surface area contributed by atoms with Gasteiger partial charge in [-0.3, -0.25) is 19.5 Å². The average molecular weight is 462 g/mol. The molecule has 0 N–H and O–H groups in total. The number of benzene rings is 1. The maximum Gasteiger partial charge on any atom is 0.0638 e. The summed E-state index contributed by atoms with van der Waals surface area (Å²) in [6.07, 6.45) is 9.51. The molecular weight excluding hydrogens is 422 g/mol. The van der Waals surface area contributed by atoms with Crippen LogP contribution in [0.1, 0.15) is 35.2 Å². The van der Waals surface area contributed by atoms with Crippen LogP contribution < -0.4 is 0 Å². The predicted molar refractivity (Wildman–Crippen MR) is 136 cm³/mol. The zero-order valence-corrected chi connectivity index (χ0v) is 20.9. The van der Waals surface area contributed by atoms with Crippen molar-refractivity contribution in [2.24, 2.45) is 13.0 Å². The molecule has 0 bridgehead atoms. The molecule has 1 aliphatic rings. The molecule has 3 aromatic rings. The molecule has 6 heteroatoms. The van der Waals surface area contributed by atoms with Crippen molar-refractivity contribution >= 4 is 0 Å². The van der Waals surface area contributed by atoms with Gasteiger partial charge in [0.1, 0.15) is 0 Å². The Morgan fingerprint density at radius 2 is 1.85 bits per heavy atom. The van der Waals surface area contributed by atoms with E-state index in [1.807, 2.05) is 30.2 Å². The van der Waals surface area contributed by atoms with Gasteiger partial charge in [0.05, 0.1) is 12.3 Å². The second-order valence-electron chi connectivity index (χ2n) is 9.61. The lowest BCUT2D eigenvalue weighted by atomic mass is 9.84. The Kier molecular flexibility index (Phi) is 8.85. The molecule has 34 heavy (non-hydrogen) atoms. The van der Waals surface area contributed by atoms with Gasteiger partial charge in [-0.25, -0.2) is 0 Å². The van der Waals surface area contributed by atoms with Crippen LogP contribution in [-0.4, -0.2) is 64.0 Å². The Hall–Kier alpha value is -2.54. The monoisotopic (exact) mass is 461 g/mol. The molecule has 6 nitrogen and oxygen atoms in total. The molecule has 0 amide bonds. The van der Waals surface area contributed by atoms with E-state index in [1.165, 1.54) is 29.5 Å². The topological polar surface area (TPSA) is 46.4 Å². The first-order chi connectivity index (χ1) is 16.6. The molecular formula is C28H39N5O. The molecule has 3 heterocycles. The maximum absolute atomic E-state index is 5.52. The first-order valence-corrected chi connectivity index (χ1v) is 12.5. The molecule has 1 aliphatic heterocycles. The Bertz CT molecular complexity index is 983. The van der Waals surface area contributed by atoms with Crippen molar-refractivity contribution in [1.29, 1.82) is 0 Å². The summed E-state index contributed by atoms with van der Waals surface area (Å²) in [4.78, 5) is 9.60. The maximum atomic E-state index is 5.52. The molecule has 1 aromatic carbocycles. The van der Waals surface area contributed by atoms with Crippen molar-refractivity contribution in [1.82, 2.24) is 24.6 Å². The molecule has 2 aromatic heterocycles. The van der Waals surface area contributed by atoms with E-state index >= 15 is 0 Å². The lowest BCUT2D eigenvalue weighted by Gasteiger charge is -2.41. The molecule has 0 saturated carbocycles. The van der Waals surface area contributed by atoms with Crippen molar-refractivity contribution in [3.63, 3.8) is 0 Å². The molecule has 182 valence electrons. The van der Waals surface area contributed by atoms with E-state index < -0.39 is 0 Å². The predicted octanol–water partition coefficient (Wildman–Crippen LogP) is 4.10. The minimum Gasteiger partial charge on any atom is -0.383 e. The molecule has 1 fully saturated rings. The Morgan fingerprint density at radius 3 is 2.50 bits per heavy atom. The lowest BCUT2D eigenvalue weighted by Crippen LogP contribution is -2.47. The number of hydrogen-bond donors (Lipinski definition) is 0. The standard InChI is InChI=1S/C28H39N5O/c1-23-27(21-31(2)30-23)22-32-14-11-26(12-15-32)28(18-24-8-5-4-6-9-24)33(16-17-34-3)20-25-10-7-13-29-19-25/h4-10,13,19,21,26,28H,11-12,14-18,20,22H2,1-3H3/t28-/m1/s1. The van der Waals surface area contributed by atoms with Crippen LogP contribution in [0.25, 0.3) is 0 Å². The lowest BCUT2D eigenvalue weighted by molar-refractivity contribution is 0.0570. The third-order valence-corrected chi connectivity index (χ3v) is 7.13. The van der Waals surface area contributed by atoms with Crippen molar-refractivity contribution < 1.29 is 4.74 Å². The van der Waals surface area contributed by atoms with Gasteiger partial charge in [-0.1, -0.05) is 36.4 Å². The van der Waals surface area contributed by atoms with Crippen LogP contribution in [0.3, 0.4) is 0 Å². The molecule has 1 atom stereocenters. The SMILES string of the molecule is COCCN(Cc1cccnc1)[C@H](Cc1ccccc1)C1CCN(Cc2cn(C)nc2C)CC1. The van der Waals surface area contributed by atoms with Gasteiger partial charge < -0.3 is 4.74 Å². The van der Waals surface area contributed by atoms with E-state index in [2.05, 4.69) is 69.4 Å². The highest BCUT2D eigenvalue weighted by Gasteiger charge is 2.31. The first-order valence-electron chi connectivity index (χ1n) is 12.5. The van der Waals surface area contributed by atoms with Crippen LogP contribution in [0.15, 0.2) is 61.1 Å². The van der Waals surface area contributed by atoms with Crippen LogP contribution in [0.5, 0.6) is 0 Å². The van der Waals surface area contributed by atoms with Gasteiger partial charge in [-0.2, -0.15) is 5.10 Å². The average Bonchev–Trinajstić information content (AvgIpc) is 3.18. The Labute approximate surface area is 204 Å². The fourth-order valence-corrected chi connectivity index (χ4v) is 5.29. The Morgan fingerprint density at radius 1 is 1.09 bits per heavy atom. The summed E-state index contributed by atoms with van der Waals surface area (Å²) < 4.78 is 7.45. The van der Waals surface area contributed by atoms with Gasteiger partial charge in [0.25, 0.3) is 0 Å². The van der Waals surface area contributed by atoms with Crippen molar-refractivity contribution in [2.75, 3.05) is 33.4 Å². The van der Waals surface area contributed by atoms with E-state index in [0.717, 1.165) is 51.4 Å². The van der Waals surface area contributed by atoms with E-state index in [-0.39, 0.29) is 0 Å². The third kappa shape index (κ3) is 6.75. The van der Waals surface area contributed by atoms with Gasteiger partial charge in [0.15, 0.2) is 0 Å². The Balaban J connectivity index is 1.48. The van der Waals surface area contributed by atoms with Gasteiger partial charge in [0, 0.05) is 64.0 Å². The van der Waals surface area contributed by atoms with E-state index in [9.17, 15) is 0 Å². The summed E-state index contributed by atoms with van der Waals surface area (Å²) in [5.41, 5.74) is 5.17. The van der Waals surface area contributed by atoms with Crippen LogP contribution in [-0.2, 0) is 31.3 Å². The number of pyridine rings is 1. The third-order valence-electron chi connectivity index (χ3n) is 7.13. The zero-order valence-electron chi connectivity index (χ0n) is 20.9. The number of piperidine rings is 1. The highest BCUT2D eigenvalue weighted by atomic mass is 16.5. The number of hydrogen-bond acceptors (Lipinski definition) is 5. The summed E-state index contributed by atoms with van der Waals surface area (Å²) in [5, 5.41) is 4.52. The smallest absolute Gasteiger partial charge is 0.0638 e. The van der Waals surface area contributed by atoms with E-state index in [0.29, 0.717) is 12.0 Å². The first kappa shape index (κ1) is 24.6. The summed E-state index contributed by atoms with van der Waals surface area (Å²) >= 11 is 0. The van der Waals surface area contributed by atoms with E-state index in [1.54, 1.807) is 7.11 Å².